The van der Waals surface area contributed by atoms with Crippen LogP contribution in [0.15, 0.2) is 40.8 Å². The quantitative estimate of drug-likeness (QED) is 0.920. The summed E-state index contributed by atoms with van der Waals surface area (Å²) in [6.07, 6.45) is -4.32. The first-order valence-corrected chi connectivity index (χ1v) is 6.55. The molecule has 2 aromatic rings. The lowest BCUT2D eigenvalue weighted by Crippen LogP contribution is -2.24. The Morgan fingerprint density at radius 3 is 2.33 bits per heavy atom. The fourth-order valence-corrected chi connectivity index (χ4v) is 2.01. The molecule has 0 saturated carbocycles. The van der Waals surface area contributed by atoms with Crippen molar-refractivity contribution in [3.63, 3.8) is 0 Å². The Kier molecular flexibility index (Phi) is 4.69. The number of benzene rings is 1. The van der Waals surface area contributed by atoms with E-state index >= 15 is 0 Å². The summed E-state index contributed by atoms with van der Waals surface area (Å²) in [5.74, 6) is 1.31. The van der Waals surface area contributed by atoms with Crippen LogP contribution in [0.2, 0.25) is 0 Å². The summed E-state index contributed by atoms with van der Waals surface area (Å²) in [4.78, 5) is 2.01. The number of nitrogens with two attached hydrogens (primary N) is 1. The minimum atomic E-state index is -4.32. The third-order valence-electron chi connectivity index (χ3n) is 3.09. The topological polar surface area (TPSA) is 42.4 Å². The normalized spacial score (nSPS) is 12.1. The van der Waals surface area contributed by atoms with Crippen LogP contribution in [0.1, 0.15) is 11.3 Å². The van der Waals surface area contributed by atoms with Gasteiger partial charge < -0.3 is 10.2 Å². The molecule has 2 rings (SSSR count). The number of rotatable bonds is 5. The van der Waals surface area contributed by atoms with E-state index in [9.17, 15) is 13.2 Å². The molecule has 114 valence electrons. The third-order valence-corrected chi connectivity index (χ3v) is 3.09. The number of hydrogen-bond acceptors (Lipinski definition) is 3. The minimum absolute atomic E-state index is 0.555. The van der Waals surface area contributed by atoms with Gasteiger partial charge in [0.1, 0.15) is 11.5 Å². The predicted octanol–water partition coefficient (Wildman–Crippen LogP) is 3.36. The summed E-state index contributed by atoms with van der Waals surface area (Å²) in [7, 11) is 1.92. The molecule has 0 aliphatic carbocycles. The van der Waals surface area contributed by atoms with Gasteiger partial charge >= 0.3 is 6.18 Å². The fourth-order valence-electron chi connectivity index (χ4n) is 2.01. The van der Waals surface area contributed by atoms with Crippen LogP contribution in [0.3, 0.4) is 0 Å². The average molecular weight is 298 g/mol. The van der Waals surface area contributed by atoms with Crippen molar-refractivity contribution in [3.8, 4) is 11.3 Å². The van der Waals surface area contributed by atoms with Crippen molar-refractivity contribution in [1.29, 1.82) is 0 Å². The van der Waals surface area contributed by atoms with Gasteiger partial charge in [-0.2, -0.15) is 13.2 Å². The van der Waals surface area contributed by atoms with E-state index in [2.05, 4.69) is 0 Å². The maximum Gasteiger partial charge on any atom is 0.416 e. The number of likely N-dealkylation sites (N-methyl/N-ethyl adjacent to an activating group) is 1. The molecule has 0 fully saturated rings. The second-order valence-corrected chi connectivity index (χ2v) is 4.87. The van der Waals surface area contributed by atoms with Gasteiger partial charge in [-0.25, -0.2) is 0 Å². The van der Waals surface area contributed by atoms with Gasteiger partial charge in [-0.05, 0) is 31.3 Å². The summed E-state index contributed by atoms with van der Waals surface area (Å²) >= 11 is 0. The van der Waals surface area contributed by atoms with Gasteiger partial charge in [-0.3, -0.25) is 4.90 Å². The van der Waals surface area contributed by atoms with E-state index in [0.29, 0.717) is 24.4 Å². The van der Waals surface area contributed by atoms with Gasteiger partial charge in [-0.1, -0.05) is 12.1 Å². The Hall–Kier alpha value is -1.79. The molecule has 1 aromatic carbocycles. The van der Waals surface area contributed by atoms with Crippen molar-refractivity contribution >= 4 is 0 Å². The van der Waals surface area contributed by atoms with Gasteiger partial charge in [0.05, 0.1) is 12.1 Å². The van der Waals surface area contributed by atoms with Crippen LogP contribution in [0.4, 0.5) is 13.2 Å². The van der Waals surface area contributed by atoms with Gasteiger partial charge in [0.15, 0.2) is 0 Å². The first kappa shape index (κ1) is 15.6. The Morgan fingerprint density at radius 2 is 1.76 bits per heavy atom. The molecule has 0 saturated heterocycles. The Labute approximate surface area is 121 Å². The lowest BCUT2D eigenvalue weighted by Gasteiger charge is -2.12. The first-order chi connectivity index (χ1) is 9.90. The molecule has 0 aliphatic rings. The maximum atomic E-state index is 12.5. The molecule has 0 spiro atoms. The van der Waals surface area contributed by atoms with Crippen LogP contribution >= 0.6 is 0 Å². The van der Waals surface area contributed by atoms with E-state index < -0.39 is 11.7 Å². The monoisotopic (exact) mass is 298 g/mol. The minimum Gasteiger partial charge on any atom is -0.460 e. The van der Waals surface area contributed by atoms with Crippen molar-refractivity contribution in [1.82, 2.24) is 4.90 Å². The Morgan fingerprint density at radius 1 is 1.10 bits per heavy atom. The van der Waals surface area contributed by atoms with E-state index in [0.717, 1.165) is 24.4 Å². The predicted molar refractivity (Wildman–Crippen MR) is 74.5 cm³/mol. The van der Waals surface area contributed by atoms with Crippen molar-refractivity contribution in [3.05, 3.63) is 47.7 Å². The van der Waals surface area contributed by atoms with Crippen molar-refractivity contribution in [2.45, 2.75) is 12.7 Å². The van der Waals surface area contributed by atoms with E-state index in [4.69, 9.17) is 10.2 Å². The van der Waals surface area contributed by atoms with Crippen LogP contribution in [-0.4, -0.2) is 25.0 Å². The van der Waals surface area contributed by atoms with Crippen LogP contribution in [-0.2, 0) is 12.7 Å². The maximum absolute atomic E-state index is 12.5. The molecular formula is C15H17F3N2O. The number of halogens is 3. The number of nitrogens with zero attached hydrogens (tertiary/aromatic N) is 1. The van der Waals surface area contributed by atoms with Crippen molar-refractivity contribution in [2.75, 3.05) is 20.1 Å². The zero-order valence-electron chi connectivity index (χ0n) is 11.7. The zero-order chi connectivity index (χ0) is 15.5. The van der Waals surface area contributed by atoms with Crippen LogP contribution in [0.5, 0.6) is 0 Å². The third kappa shape index (κ3) is 4.09. The molecule has 2 N–H and O–H groups in total. The molecule has 1 aromatic heterocycles. The molecule has 0 radical (unpaired) electrons. The highest BCUT2D eigenvalue weighted by molar-refractivity contribution is 5.58. The summed E-state index contributed by atoms with van der Waals surface area (Å²) in [5, 5.41) is 0. The first-order valence-electron chi connectivity index (χ1n) is 6.55. The second-order valence-electron chi connectivity index (χ2n) is 4.87. The molecule has 0 bridgehead atoms. The highest BCUT2D eigenvalue weighted by atomic mass is 19.4. The van der Waals surface area contributed by atoms with Gasteiger partial charge in [0, 0.05) is 18.7 Å². The van der Waals surface area contributed by atoms with Crippen molar-refractivity contribution < 1.29 is 17.6 Å². The number of hydrogen-bond donors (Lipinski definition) is 1. The van der Waals surface area contributed by atoms with Gasteiger partial charge in [-0.15, -0.1) is 0 Å². The van der Waals surface area contributed by atoms with E-state index in [1.54, 1.807) is 6.07 Å². The Balaban J connectivity index is 2.11. The zero-order valence-corrected chi connectivity index (χ0v) is 11.7. The molecule has 0 aliphatic heterocycles. The van der Waals surface area contributed by atoms with Crippen LogP contribution < -0.4 is 5.73 Å². The molecule has 0 atom stereocenters. The highest BCUT2D eigenvalue weighted by Gasteiger charge is 2.30. The summed E-state index contributed by atoms with van der Waals surface area (Å²) in [5.41, 5.74) is 5.42. The van der Waals surface area contributed by atoms with E-state index in [1.807, 2.05) is 18.0 Å². The lowest BCUT2D eigenvalue weighted by molar-refractivity contribution is -0.137. The molecule has 0 amide bonds. The lowest BCUT2D eigenvalue weighted by atomic mass is 10.1. The SMILES string of the molecule is CN(CCN)Cc1ccc(-c2ccc(C(F)(F)F)cc2)o1. The molecule has 1 heterocycles. The molecule has 6 heteroatoms. The standard InChI is InChI=1S/C15H17F3N2O/c1-20(9-8-19)10-13-6-7-14(21-13)11-2-4-12(5-3-11)15(16,17)18/h2-7H,8-10,19H2,1H3. The van der Waals surface area contributed by atoms with Crippen LogP contribution in [0.25, 0.3) is 11.3 Å². The van der Waals surface area contributed by atoms with Crippen LogP contribution in [0, 0.1) is 0 Å². The number of alkyl halides is 3. The second kappa shape index (κ2) is 6.32. The van der Waals surface area contributed by atoms with Gasteiger partial charge in [0.25, 0.3) is 0 Å². The molecule has 21 heavy (non-hydrogen) atoms. The molecular weight excluding hydrogens is 281 g/mol. The average Bonchev–Trinajstić information content (AvgIpc) is 2.86. The Bertz CT molecular complexity index is 575. The summed E-state index contributed by atoms with van der Waals surface area (Å²) < 4.78 is 43.2. The molecule has 3 nitrogen and oxygen atoms in total. The molecule has 0 unspecified atom stereocenters. The largest absolute Gasteiger partial charge is 0.460 e. The van der Waals surface area contributed by atoms with E-state index in [1.165, 1.54) is 12.1 Å². The van der Waals surface area contributed by atoms with Gasteiger partial charge in [0.2, 0.25) is 0 Å². The van der Waals surface area contributed by atoms with E-state index in [-0.39, 0.29) is 0 Å². The smallest absolute Gasteiger partial charge is 0.416 e. The highest BCUT2D eigenvalue weighted by Crippen LogP contribution is 2.31. The summed E-state index contributed by atoms with van der Waals surface area (Å²) in [6, 6.07) is 8.51. The fraction of sp³-hybridized carbons (Fsp3) is 0.333. The van der Waals surface area contributed by atoms with Crippen molar-refractivity contribution in [2.24, 2.45) is 5.73 Å². The summed E-state index contributed by atoms with van der Waals surface area (Å²) in [6.45, 7) is 1.91. The number of furan rings is 1.